The summed E-state index contributed by atoms with van der Waals surface area (Å²) in [5, 5.41) is 8.22. The van der Waals surface area contributed by atoms with Crippen molar-refractivity contribution in [1.82, 2.24) is 19.8 Å². The molecule has 1 atom stereocenters. The second-order valence-electron chi connectivity index (χ2n) is 13.4. The number of piperidine rings is 1. The molecule has 4 heterocycles. The molecule has 2 N–H and O–H groups in total. The zero-order chi connectivity index (χ0) is 36.7. The van der Waals surface area contributed by atoms with E-state index >= 15 is 0 Å². The Kier molecular flexibility index (Phi) is 11.0. The molecule has 3 aromatic carbocycles. The first-order valence-electron chi connectivity index (χ1n) is 18.1. The van der Waals surface area contributed by atoms with Gasteiger partial charge in [-0.25, -0.2) is 15.0 Å². The normalized spacial score (nSPS) is 18.1. The molecule has 13 nitrogen and oxygen atoms in total. The van der Waals surface area contributed by atoms with Gasteiger partial charge in [0.2, 0.25) is 11.8 Å². The summed E-state index contributed by atoms with van der Waals surface area (Å²) in [5.41, 5.74) is 3.19. The van der Waals surface area contributed by atoms with Crippen LogP contribution in [0.1, 0.15) is 37.8 Å². The summed E-state index contributed by atoms with van der Waals surface area (Å²) in [6.07, 6.45) is 5.49. The quantitative estimate of drug-likeness (QED) is 0.173. The summed E-state index contributed by atoms with van der Waals surface area (Å²) in [6.45, 7) is 10.8. The molecule has 13 heteroatoms. The fourth-order valence-corrected chi connectivity index (χ4v) is 7.34. The maximum atomic E-state index is 12.6. The number of carbonyl (C=O) groups excluding carboxylic acids is 2. The number of carbonyl (C=O) groups is 2. The molecule has 3 aliphatic heterocycles. The van der Waals surface area contributed by atoms with Gasteiger partial charge in [-0.3, -0.25) is 19.3 Å². The zero-order valence-corrected chi connectivity index (χ0v) is 30.2. The minimum absolute atomic E-state index is 0.0825. The number of nitrogens with zero attached hydrogens (tertiary/aromatic N) is 6. The topological polar surface area (TPSA) is 125 Å². The Morgan fingerprint density at radius 2 is 1.66 bits per heavy atom. The van der Waals surface area contributed by atoms with E-state index in [0.29, 0.717) is 41.4 Å². The third kappa shape index (κ3) is 8.37. The molecular weight excluding hydrogens is 672 g/mol. The van der Waals surface area contributed by atoms with Crippen LogP contribution in [0.15, 0.2) is 91.8 Å². The number of rotatable bonds is 11. The van der Waals surface area contributed by atoms with E-state index in [1.54, 1.807) is 14.0 Å². The SMILES string of the molecule is C=CC(=O)Nc1cc(Nc2cc(N3OCC[C@@H]3c3cccc(Oc4ccccc4)c3)ncn2)c(OC)cc1N1CCC(N2CCN(C(C)=O)CC2)CC1. The zero-order valence-electron chi connectivity index (χ0n) is 30.2. The standard InChI is InChI=1S/C40H46N8O5/c1-4-40(50)44-33-24-34(37(51-3)25-36(33)47-16-13-30(14-17-47)46-20-18-45(19-21-46)28(2)49)43-38-26-39(42-27-41-38)48-35(15-22-52-48)29-9-8-12-32(23-29)53-31-10-6-5-7-11-31/h4-12,23-27,30,35H,1,13-22H2,2-3H3,(H,44,50)(H,41,42,43)/t35-/m1/s1. The van der Waals surface area contributed by atoms with E-state index < -0.39 is 0 Å². The fourth-order valence-electron chi connectivity index (χ4n) is 7.34. The van der Waals surface area contributed by atoms with Crippen molar-refractivity contribution < 1.29 is 23.9 Å². The molecule has 276 valence electrons. The van der Waals surface area contributed by atoms with E-state index in [1.807, 2.05) is 76.7 Å². The number of methoxy groups -OCH3 is 1. The van der Waals surface area contributed by atoms with Gasteiger partial charge in [-0.2, -0.15) is 0 Å². The first kappa shape index (κ1) is 35.7. The fraction of sp³-hybridized carbons (Fsp3) is 0.350. The summed E-state index contributed by atoms with van der Waals surface area (Å²) in [5.74, 6) is 3.08. The van der Waals surface area contributed by atoms with Crippen LogP contribution in [0.4, 0.5) is 28.7 Å². The number of hydroxylamine groups is 1. The highest BCUT2D eigenvalue weighted by atomic mass is 16.7. The lowest BCUT2D eigenvalue weighted by Gasteiger charge is -2.43. The van der Waals surface area contributed by atoms with Crippen LogP contribution >= 0.6 is 0 Å². The Morgan fingerprint density at radius 3 is 2.40 bits per heavy atom. The summed E-state index contributed by atoms with van der Waals surface area (Å²) in [4.78, 5) is 46.3. The number of hydrogen-bond donors (Lipinski definition) is 2. The van der Waals surface area contributed by atoms with Crippen molar-refractivity contribution in [3.05, 3.63) is 97.3 Å². The summed E-state index contributed by atoms with van der Waals surface area (Å²) in [7, 11) is 1.63. The van der Waals surface area contributed by atoms with Crippen molar-refractivity contribution in [2.75, 3.05) is 73.6 Å². The summed E-state index contributed by atoms with van der Waals surface area (Å²) >= 11 is 0. The lowest BCUT2D eigenvalue weighted by Crippen LogP contribution is -2.54. The Bertz CT molecular complexity index is 1910. The van der Waals surface area contributed by atoms with Crippen molar-refractivity contribution in [3.8, 4) is 17.2 Å². The Morgan fingerprint density at radius 1 is 0.887 bits per heavy atom. The smallest absolute Gasteiger partial charge is 0.247 e. The number of piperazine rings is 1. The lowest BCUT2D eigenvalue weighted by atomic mass is 10.0. The maximum Gasteiger partial charge on any atom is 0.247 e. The third-order valence-electron chi connectivity index (χ3n) is 10.1. The summed E-state index contributed by atoms with van der Waals surface area (Å²) in [6, 6.07) is 23.8. The molecule has 3 saturated heterocycles. The monoisotopic (exact) mass is 718 g/mol. The number of benzene rings is 3. The van der Waals surface area contributed by atoms with E-state index in [2.05, 4.69) is 43.0 Å². The van der Waals surface area contributed by atoms with E-state index in [0.717, 1.165) is 81.3 Å². The van der Waals surface area contributed by atoms with Gasteiger partial charge >= 0.3 is 0 Å². The minimum Gasteiger partial charge on any atom is -0.494 e. The van der Waals surface area contributed by atoms with Crippen LogP contribution in [0.25, 0.3) is 0 Å². The van der Waals surface area contributed by atoms with Crippen LogP contribution in [0, 0.1) is 0 Å². The minimum atomic E-state index is -0.305. The number of amides is 2. The number of para-hydroxylation sites is 1. The second-order valence-corrected chi connectivity index (χ2v) is 13.4. The van der Waals surface area contributed by atoms with E-state index in [9.17, 15) is 9.59 Å². The number of nitrogens with one attached hydrogen (secondary N) is 2. The second kappa shape index (κ2) is 16.3. The molecule has 53 heavy (non-hydrogen) atoms. The van der Waals surface area contributed by atoms with Crippen LogP contribution in [0.3, 0.4) is 0 Å². The van der Waals surface area contributed by atoms with Gasteiger partial charge in [-0.05, 0) is 54.8 Å². The first-order valence-corrected chi connectivity index (χ1v) is 18.1. The molecule has 1 aromatic heterocycles. The van der Waals surface area contributed by atoms with E-state index in [-0.39, 0.29) is 17.9 Å². The largest absolute Gasteiger partial charge is 0.494 e. The first-order chi connectivity index (χ1) is 25.9. The maximum absolute atomic E-state index is 12.6. The Balaban J connectivity index is 1.07. The Labute approximate surface area is 310 Å². The van der Waals surface area contributed by atoms with Crippen LogP contribution < -0.4 is 30.1 Å². The average molecular weight is 719 g/mol. The molecule has 2 amide bonds. The van der Waals surface area contributed by atoms with Gasteiger partial charge in [-0.15, -0.1) is 0 Å². The molecule has 4 aromatic rings. The van der Waals surface area contributed by atoms with E-state index in [1.165, 1.54) is 12.4 Å². The lowest BCUT2D eigenvalue weighted by molar-refractivity contribution is -0.131. The predicted molar refractivity (Wildman–Crippen MR) is 205 cm³/mol. The molecule has 0 radical (unpaired) electrons. The molecule has 3 fully saturated rings. The average Bonchev–Trinajstić information content (AvgIpc) is 3.69. The highest BCUT2D eigenvalue weighted by Crippen LogP contribution is 2.41. The molecule has 3 aliphatic rings. The van der Waals surface area contributed by atoms with Crippen LogP contribution in [-0.2, 0) is 14.4 Å². The highest BCUT2D eigenvalue weighted by Gasteiger charge is 2.31. The van der Waals surface area contributed by atoms with Crippen LogP contribution in [-0.4, -0.2) is 90.6 Å². The van der Waals surface area contributed by atoms with Gasteiger partial charge in [-0.1, -0.05) is 36.9 Å². The van der Waals surface area contributed by atoms with Crippen molar-refractivity contribution in [2.24, 2.45) is 0 Å². The number of anilines is 5. The van der Waals surface area contributed by atoms with Gasteiger partial charge in [0, 0.05) is 70.8 Å². The van der Waals surface area contributed by atoms with Gasteiger partial charge in [0.25, 0.3) is 0 Å². The van der Waals surface area contributed by atoms with Crippen molar-refractivity contribution in [1.29, 1.82) is 0 Å². The third-order valence-corrected chi connectivity index (χ3v) is 10.1. The van der Waals surface area contributed by atoms with Crippen molar-refractivity contribution in [3.63, 3.8) is 0 Å². The Hall–Kier alpha value is -5.66. The predicted octanol–water partition coefficient (Wildman–Crippen LogP) is 6.16. The molecule has 0 saturated carbocycles. The van der Waals surface area contributed by atoms with Gasteiger partial charge < -0.3 is 29.9 Å². The van der Waals surface area contributed by atoms with Crippen LogP contribution in [0.5, 0.6) is 17.2 Å². The molecule has 7 rings (SSSR count). The van der Waals surface area contributed by atoms with Crippen molar-refractivity contribution >= 4 is 40.5 Å². The van der Waals surface area contributed by atoms with Crippen molar-refractivity contribution in [2.45, 2.75) is 38.3 Å². The molecule has 0 spiro atoms. The van der Waals surface area contributed by atoms with E-state index in [4.69, 9.17) is 14.3 Å². The molecule has 0 bridgehead atoms. The molecule has 0 unspecified atom stereocenters. The number of ether oxygens (including phenoxy) is 2. The summed E-state index contributed by atoms with van der Waals surface area (Å²) < 4.78 is 12.0. The highest BCUT2D eigenvalue weighted by molar-refractivity contribution is 6.02. The number of hydrogen-bond acceptors (Lipinski definition) is 11. The van der Waals surface area contributed by atoms with Gasteiger partial charge in [0.1, 0.15) is 29.4 Å². The van der Waals surface area contributed by atoms with Gasteiger partial charge in [0.05, 0.1) is 36.8 Å². The molecule has 0 aliphatic carbocycles. The van der Waals surface area contributed by atoms with Gasteiger partial charge in [0.15, 0.2) is 5.82 Å². The van der Waals surface area contributed by atoms with Crippen LogP contribution in [0.2, 0.25) is 0 Å². The number of aromatic nitrogens is 2. The molecular formula is C40H46N8O5.